The minimum Gasteiger partial charge on any atom is -0.481 e. The Balaban J connectivity index is 3.72. The van der Waals surface area contributed by atoms with Crippen LogP contribution in [0.3, 0.4) is 0 Å². The molecule has 0 aliphatic carbocycles. The lowest BCUT2D eigenvalue weighted by molar-refractivity contribution is -0.137. The first-order chi connectivity index (χ1) is 25.5. The van der Waals surface area contributed by atoms with Gasteiger partial charge in [0.25, 0.3) is 0 Å². The molecule has 0 heterocycles. The molecule has 0 saturated carbocycles. The number of primary amides is 1. The lowest BCUT2D eigenvalue weighted by Gasteiger charge is -2.22. The molecule has 0 aromatic carbocycles. The van der Waals surface area contributed by atoms with Gasteiger partial charge < -0.3 is 57.1 Å². The van der Waals surface area contributed by atoms with Crippen molar-refractivity contribution in [3.05, 3.63) is 0 Å². The zero-order chi connectivity index (χ0) is 39.5. The molecule has 0 spiro atoms. The molecule has 0 aromatic heterocycles. The van der Waals surface area contributed by atoms with Crippen LogP contribution in [0.1, 0.15) is 116 Å². The highest BCUT2D eigenvalue weighted by atomic mass is 16.5. The number of rotatable bonds is 37. The van der Waals surface area contributed by atoms with Crippen LogP contribution in [-0.4, -0.2) is 129 Å². The van der Waals surface area contributed by atoms with Gasteiger partial charge in [0.2, 0.25) is 29.5 Å². The number of amides is 5. The number of carboxylic acid groups (broad SMARTS) is 1. The Kier molecular flexibility index (Phi) is 32.2. The normalized spacial score (nSPS) is 12.7. The minimum absolute atomic E-state index is 0.0121. The molecule has 0 aliphatic heterocycles. The van der Waals surface area contributed by atoms with Gasteiger partial charge in [-0.15, -0.1) is 0 Å². The summed E-state index contributed by atoms with van der Waals surface area (Å²) in [5.41, 5.74) is 5.39. The number of unbranched alkanes of at least 4 members (excludes halogenated alkanes) is 13. The van der Waals surface area contributed by atoms with E-state index in [9.17, 15) is 39.0 Å². The Labute approximate surface area is 314 Å². The van der Waals surface area contributed by atoms with Crippen molar-refractivity contribution in [2.75, 3.05) is 59.8 Å². The number of ether oxygens (including phenoxy) is 2. The number of nitrogens with two attached hydrogens (primary N) is 1. The molecule has 308 valence electrons. The number of likely N-dealkylation sites (N-methyl/N-ethyl adjacent to an activating group) is 1. The molecule has 53 heavy (non-hydrogen) atoms. The van der Waals surface area contributed by atoms with E-state index in [1.165, 1.54) is 52.0 Å². The van der Waals surface area contributed by atoms with E-state index in [2.05, 4.69) is 26.6 Å². The third kappa shape index (κ3) is 29.7. The van der Waals surface area contributed by atoms with Crippen molar-refractivity contribution in [3.8, 4) is 0 Å². The maximum Gasteiger partial charge on any atom is 0.303 e. The topological polar surface area (TPSA) is 268 Å². The fourth-order valence-electron chi connectivity index (χ4n) is 5.32. The molecule has 10 N–H and O–H groups in total. The van der Waals surface area contributed by atoms with Crippen molar-refractivity contribution in [2.24, 2.45) is 5.73 Å². The van der Waals surface area contributed by atoms with E-state index < -0.39 is 55.0 Å². The van der Waals surface area contributed by atoms with E-state index in [0.717, 1.165) is 38.5 Å². The van der Waals surface area contributed by atoms with Crippen molar-refractivity contribution in [1.29, 1.82) is 0 Å². The van der Waals surface area contributed by atoms with Crippen molar-refractivity contribution in [2.45, 2.75) is 134 Å². The lowest BCUT2D eigenvalue weighted by atomic mass is 10.0. The predicted molar refractivity (Wildman–Crippen MR) is 198 cm³/mol. The van der Waals surface area contributed by atoms with E-state index in [-0.39, 0.29) is 44.5 Å². The average molecular weight is 761 g/mol. The van der Waals surface area contributed by atoms with Crippen LogP contribution in [0.25, 0.3) is 0 Å². The molecule has 17 heteroatoms. The van der Waals surface area contributed by atoms with Gasteiger partial charge in [-0.2, -0.15) is 0 Å². The van der Waals surface area contributed by atoms with Gasteiger partial charge in [0.05, 0.1) is 33.0 Å². The molecule has 3 atom stereocenters. The maximum atomic E-state index is 12.5. The Hall–Kier alpha value is -3.38. The molecule has 5 amide bonds. The number of carbonyl (C=O) groups excluding carboxylic acids is 5. The summed E-state index contributed by atoms with van der Waals surface area (Å²) in [5.74, 6) is -3.31. The van der Waals surface area contributed by atoms with Gasteiger partial charge in [0.1, 0.15) is 24.7 Å². The first-order valence-electron chi connectivity index (χ1n) is 19.2. The Morgan fingerprint density at radius 3 is 1.58 bits per heavy atom. The largest absolute Gasteiger partial charge is 0.481 e. The van der Waals surface area contributed by atoms with Gasteiger partial charge in [0, 0.05) is 25.9 Å². The fraction of sp³-hybridized carbons (Fsp3) is 0.833. The summed E-state index contributed by atoms with van der Waals surface area (Å²) in [6.45, 7) is 0.142. The quantitative estimate of drug-likeness (QED) is 0.0390. The van der Waals surface area contributed by atoms with Crippen LogP contribution < -0.4 is 32.3 Å². The number of carbonyl (C=O) groups is 6. The summed E-state index contributed by atoms with van der Waals surface area (Å²) < 4.78 is 10.7. The molecule has 0 unspecified atom stereocenters. The number of hydrogen-bond donors (Lipinski definition) is 9. The molecule has 0 aromatic rings. The second kappa shape index (κ2) is 34.4. The van der Waals surface area contributed by atoms with Gasteiger partial charge >= 0.3 is 5.97 Å². The lowest BCUT2D eigenvalue weighted by Crippen LogP contribution is -2.57. The van der Waals surface area contributed by atoms with Crippen molar-refractivity contribution < 1.29 is 53.6 Å². The second-order valence-corrected chi connectivity index (χ2v) is 13.1. The van der Waals surface area contributed by atoms with E-state index in [1.54, 1.807) is 0 Å². The Bertz CT molecular complexity index is 1020. The summed E-state index contributed by atoms with van der Waals surface area (Å²) in [4.78, 5) is 70.9. The number of nitrogens with one attached hydrogen (secondary N) is 5. The fourth-order valence-corrected chi connectivity index (χ4v) is 5.32. The zero-order valence-corrected chi connectivity index (χ0v) is 31.8. The minimum atomic E-state index is -1.34. The standard InChI is InChI=1S/C36H68N6O11/c1-38-29(25-43)35(50)42-30(26-44)36(51)41-28(34(37)49)17-15-16-20-39-32(46)27-53-24-23-52-22-21-40-31(45)18-13-11-9-7-5-3-2-4-6-8-10-12-14-19-33(47)48/h28-30,38,43-44H,2-27H2,1H3,(H2,37,49)(H,39,46)(H,40,45)(H,41,51)(H,42,50)(H,47,48)/t28-,29-,30-/m0/s1. The first kappa shape index (κ1) is 49.6. The highest BCUT2D eigenvalue weighted by molar-refractivity contribution is 5.92. The molecular weight excluding hydrogens is 692 g/mol. The highest BCUT2D eigenvalue weighted by Gasteiger charge is 2.27. The first-order valence-corrected chi connectivity index (χ1v) is 19.2. The molecule has 0 bridgehead atoms. The number of aliphatic carboxylic acids is 1. The van der Waals surface area contributed by atoms with Crippen LogP contribution in [0.4, 0.5) is 0 Å². The van der Waals surface area contributed by atoms with Crippen LogP contribution in [0, 0.1) is 0 Å². The van der Waals surface area contributed by atoms with Crippen molar-refractivity contribution >= 4 is 35.5 Å². The van der Waals surface area contributed by atoms with E-state index in [0.29, 0.717) is 39.0 Å². The number of hydrogen-bond acceptors (Lipinski definition) is 11. The highest BCUT2D eigenvalue weighted by Crippen LogP contribution is 2.13. The zero-order valence-electron chi connectivity index (χ0n) is 31.8. The summed E-state index contributed by atoms with van der Waals surface area (Å²) in [6.07, 6.45) is 16.4. The Morgan fingerprint density at radius 1 is 0.566 bits per heavy atom. The summed E-state index contributed by atoms with van der Waals surface area (Å²) in [7, 11) is 1.45. The Morgan fingerprint density at radius 2 is 1.06 bits per heavy atom. The molecular formula is C36H68N6O11. The van der Waals surface area contributed by atoms with E-state index in [4.69, 9.17) is 20.3 Å². The molecule has 0 fully saturated rings. The maximum absolute atomic E-state index is 12.5. The third-order valence-electron chi connectivity index (χ3n) is 8.53. The van der Waals surface area contributed by atoms with Crippen molar-refractivity contribution in [3.63, 3.8) is 0 Å². The second-order valence-electron chi connectivity index (χ2n) is 13.1. The van der Waals surface area contributed by atoms with Gasteiger partial charge in [-0.3, -0.25) is 28.8 Å². The van der Waals surface area contributed by atoms with Crippen LogP contribution in [-0.2, 0) is 38.2 Å². The van der Waals surface area contributed by atoms with Crippen molar-refractivity contribution in [1.82, 2.24) is 26.6 Å². The van der Waals surface area contributed by atoms with Gasteiger partial charge in [-0.05, 0) is 39.2 Å². The number of aliphatic hydroxyl groups excluding tert-OH is 2. The van der Waals surface area contributed by atoms with Crippen LogP contribution >= 0.6 is 0 Å². The third-order valence-corrected chi connectivity index (χ3v) is 8.53. The molecule has 0 saturated heterocycles. The van der Waals surface area contributed by atoms with Crippen LogP contribution in [0.15, 0.2) is 0 Å². The predicted octanol–water partition coefficient (Wildman–Crippen LogP) is 0.386. The SMILES string of the molecule is CN[C@@H](CO)C(=O)N[C@@H](CO)C(=O)N[C@@H](CCCCNC(=O)COCCOCCNC(=O)CCCCCCCCCCCCCCCC(=O)O)C(N)=O. The van der Waals surface area contributed by atoms with E-state index in [1.807, 2.05) is 0 Å². The summed E-state index contributed by atoms with van der Waals surface area (Å²) in [6, 6.07) is -3.36. The van der Waals surface area contributed by atoms with Gasteiger partial charge in [-0.25, -0.2) is 0 Å². The van der Waals surface area contributed by atoms with Gasteiger partial charge in [-0.1, -0.05) is 70.6 Å². The van der Waals surface area contributed by atoms with Gasteiger partial charge in [0.15, 0.2) is 0 Å². The summed E-state index contributed by atoms with van der Waals surface area (Å²) in [5, 5.41) is 40.1. The van der Waals surface area contributed by atoms with E-state index >= 15 is 0 Å². The smallest absolute Gasteiger partial charge is 0.303 e. The van der Waals surface area contributed by atoms with Crippen LogP contribution in [0.2, 0.25) is 0 Å². The molecule has 0 aliphatic rings. The van der Waals surface area contributed by atoms with Crippen LogP contribution in [0.5, 0.6) is 0 Å². The average Bonchev–Trinajstić information content (AvgIpc) is 3.12. The molecule has 0 rings (SSSR count). The number of aliphatic hydroxyl groups is 2. The molecule has 0 radical (unpaired) electrons. The molecule has 17 nitrogen and oxygen atoms in total. The number of carboxylic acids is 1. The monoisotopic (exact) mass is 760 g/mol. The summed E-state index contributed by atoms with van der Waals surface area (Å²) >= 11 is 0.